The van der Waals surface area contributed by atoms with Crippen LogP contribution in [0.5, 0.6) is 5.75 Å². The van der Waals surface area contributed by atoms with Crippen molar-refractivity contribution in [3.05, 3.63) is 41.3 Å². The quantitative estimate of drug-likeness (QED) is 0.344. The summed E-state index contributed by atoms with van der Waals surface area (Å²) in [5, 5.41) is 15.0. The number of hydrogen-bond donors (Lipinski definition) is 3. The number of ether oxygens (including phenoxy) is 2. The van der Waals surface area contributed by atoms with Gasteiger partial charge < -0.3 is 29.7 Å². The van der Waals surface area contributed by atoms with Crippen LogP contribution in [0, 0.1) is 5.92 Å². The van der Waals surface area contributed by atoms with Crippen LogP contribution in [-0.4, -0.2) is 92.9 Å². The van der Waals surface area contributed by atoms with Crippen LogP contribution in [0.2, 0.25) is 0 Å². The minimum Gasteiger partial charge on any atom is -0.490 e. The van der Waals surface area contributed by atoms with Gasteiger partial charge in [0.15, 0.2) is 0 Å². The third kappa shape index (κ3) is 9.82. The summed E-state index contributed by atoms with van der Waals surface area (Å²) in [4.78, 5) is 30.7. The van der Waals surface area contributed by atoms with E-state index in [2.05, 4.69) is 10.0 Å². The molecule has 4 rings (SSSR count). The van der Waals surface area contributed by atoms with Crippen LogP contribution in [0.3, 0.4) is 0 Å². The van der Waals surface area contributed by atoms with Gasteiger partial charge in [-0.1, -0.05) is 32.3 Å². The molecule has 0 bridgehead atoms. The molecule has 11 nitrogen and oxygen atoms in total. The Morgan fingerprint density at radius 2 is 1.87 bits per heavy atom. The van der Waals surface area contributed by atoms with Crippen molar-refractivity contribution in [3.8, 4) is 5.75 Å². The fraction of sp³-hybridized carbons (Fsp3) is 0.636. The number of nitrogens with one attached hydrogen (secondary N) is 2. The van der Waals surface area contributed by atoms with Gasteiger partial charge in [-0.2, -0.15) is 0 Å². The summed E-state index contributed by atoms with van der Waals surface area (Å²) >= 11 is 1.10. The van der Waals surface area contributed by atoms with E-state index in [4.69, 9.17) is 9.47 Å². The molecule has 2 heterocycles. The predicted octanol–water partition coefficient (Wildman–Crippen LogP) is 5.32. The molecule has 1 aromatic heterocycles. The van der Waals surface area contributed by atoms with Gasteiger partial charge in [0.25, 0.3) is 15.9 Å². The molecule has 1 aliphatic heterocycles. The molecule has 2 aromatic rings. The number of benzene rings is 1. The largest absolute Gasteiger partial charge is 0.490 e. The Bertz CT molecular complexity index is 1380. The maximum atomic E-state index is 14.3. The first kappa shape index (κ1) is 36.0. The zero-order valence-corrected chi connectivity index (χ0v) is 29.1. The van der Waals surface area contributed by atoms with E-state index in [1.54, 1.807) is 47.4 Å². The summed E-state index contributed by atoms with van der Waals surface area (Å²) < 4.78 is 41.3. The van der Waals surface area contributed by atoms with Crippen LogP contribution in [0.25, 0.3) is 0 Å². The number of fused-ring (bicyclic) bond motifs is 1. The van der Waals surface area contributed by atoms with Crippen molar-refractivity contribution in [2.45, 2.75) is 101 Å². The lowest BCUT2D eigenvalue weighted by Crippen LogP contribution is -2.50. The molecule has 46 heavy (non-hydrogen) atoms. The van der Waals surface area contributed by atoms with Crippen LogP contribution in [-0.2, 0) is 14.8 Å². The Labute approximate surface area is 277 Å². The van der Waals surface area contributed by atoms with E-state index < -0.39 is 22.0 Å². The molecule has 1 aliphatic carbocycles. The summed E-state index contributed by atoms with van der Waals surface area (Å²) in [6.07, 6.45) is 7.25. The number of aliphatic hydroxyl groups excluding tert-OH is 1. The molecule has 2 aliphatic rings. The van der Waals surface area contributed by atoms with Gasteiger partial charge in [0.1, 0.15) is 9.96 Å². The van der Waals surface area contributed by atoms with Gasteiger partial charge in [-0.15, -0.1) is 11.3 Å². The lowest BCUT2D eigenvalue weighted by atomic mass is 9.96. The molecule has 1 saturated carbocycles. The van der Waals surface area contributed by atoms with Gasteiger partial charge in [0.2, 0.25) is 0 Å². The van der Waals surface area contributed by atoms with Gasteiger partial charge in [-0.25, -0.2) is 13.2 Å². The van der Waals surface area contributed by atoms with Crippen molar-refractivity contribution >= 4 is 39.0 Å². The molecular formula is C33H50N4O7S2. The van der Waals surface area contributed by atoms with E-state index in [-0.39, 0.29) is 58.8 Å². The molecule has 3 N–H and O–H groups in total. The summed E-state index contributed by atoms with van der Waals surface area (Å²) in [5.74, 6) is -0.245. The van der Waals surface area contributed by atoms with Gasteiger partial charge in [0, 0.05) is 44.4 Å². The number of aliphatic hydroxyl groups is 1. The summed E-state index contributed by atoms with van der Waals surface area (Å²) in [6, 6.07) is 7.41. The van der Waals surface area contributed by atoms with Crippen molar-refractivity contribution < 1.29 is 32.6 Å². The Kier molecular flexibility index (Phi) is 13.1. The second-order valence-electron chi connectivity index (χ2n) is 12.7. The average Bonchev–Trinajstić information content (AvgIpc) is 3.59. The van der Waals surface area contributed by atoms with Crippen LogP contribution in [0.4, 0.5) is 10.5 Å². The van der Waals surface area contributed by atoms with Crippen molar-refractivity contribution in [1.82, 2.24) is 15.1 Å². The van der Waals surface area contributed by atoms with Crippen LogP contribution in [0.1, 0.15) is 82.5 Å². The molecule has 0 spiro atoms. The normalized spacial score (nSPS) is 23.0. The third-order valence-corrected chi connectivity index (χ3v) is 11.6. The fourth-order valence-corrected chi connectivity index (χ4v) is 8.00. The topological polar surface area (TPSA) is 138 Å². The number of amides is 3. The molecule has 3 amide bonds. The molecule has 13 heteroatoms. The lowest BCUT2D eigenvalue weighted by Gasteiger charge is -2.36. The zero-order valence-electron chi connectivity index (χ0n) is 27.4. The third-order valence-electron chi connectivity index (χ3n) is 8.80. The molecule has 256 valence electrons. The first-order valence-corrected chi connectivity index (χ1v) is 18.8. The van der Waals surface area contributed by atoms with Gasteiger partial charge in [-0.3, -0.25) is 9.52 Å². The standard InChI is InChI=1S/C33H50N4O7S2/c1-23-20-37(24(2)22-38)32(39)28-19-27(35-46(41,42)31-14-10-18-45-31)15-16-29(28)44-25(3)11-8-9-17-43-30(23)21-36(4)33(40)34-26-12-6-5-7-13-26/h10,14-16,18-19,23-26,30,35,38H,5-9,11-13,17,20-22H2,1-4H3,(H,34,40)/t23-,24-,25+,30-/m0/s1. The summed E-state index contributed by atoms with van der Waals surface area (Å²) in [5.41, 5.74) is 0.429. The van der Waals surface area contributed by atoms with Crippen LogP contribution >= 0.6 is 11.3 Å². The number of urea groups is 1. The molecule has 0 radical (unpaired) electrons. The number of likely N-dealkylation sites (N-methyl/N-ethyl adjacent to an activating group) is 1. The first-order valence-electron chi connectivity index (χ1n) is 16.4. The average molecular weight is 679 g/mol. The Morgan fingerprint density at radius 1 is 1.13 bits per heavy atom. The molecular weight excluding hydrogens is 629 g/mol. The van der Waals surface area contributed by atoms with Crippen molar-refractivity contribution in [3.63, 3.8) is 0 Å². The lowest BCUT2D eigenvalue weighted by molar-refractivity contribution is -0.0123. The maximum absolute atomic E-state index is 14.3. The van der Waals surface area contributed by atoms with Crippen LogP contribution in [0.15, 0.2) is 39.9 Å². The van der Waals surface area contributed by atoms with Crippen LogP contribution < -0.4 is 14.8 Å². The number of carbonyl (C=O) groups is 2. The fourth-order valence-electron chi connectivity index (χ4n) is 5.96. The second kappa shape index (κ2) is 16.8. The number of carbonyl (C=O) groups excluding carboxylic acids is 2. The van der Waals surface area contributed by atoms with E-state index in [1.807, 2.05) is 13.8 Å². The highest BCUT2D eigenvalue weighted by molar-refractivity contribution is 7.94. The highest BCUT2D eigenvalue weighted by Crippen LogP contribution is 2.30. The van der Waals surface area contributed by atoms with Gasteiger partial charge in [0.05, 0.1) is 30.4 Å². The summed E-state index contributed by atoms with van der Waals surface area (Å²) in [7, 11) is -2.07. The molecule has 1 aromatic carbocycles. The van der Waals surface area contributed by atoms with Crippen molar-refractivity contribution in [2.24, 2.45) is 5.92 Å². The first-order chi connectivity index (χ1) is 22.0. The number of anilines is 1. The van der Waals surface area contributed by atoms with Crippen molar-refractivity contribution in [2.75, 3.05) is 38.1 Å². The summed E-state index contributed by atoms with van der Waals surface area (Å²) in [6.45, 7) is 6.51. The zero-order chi connectivity index (χ0) is 33.3. The Hall–Kier alpha value is -2.87. The van der Waals surface area contributed by atoms with E-state index in [0.717, 1.165) is 56.3 Å². The number of nitrogens with zero attached hydrogens (tertiary/aromatic N) is 2. The minimum atomic E-state index is -3.84. The number of thiophene rings is 1. The maximum Gasteiger partial charge on any atom is 0.317 e. The Morgan fingerprint density at radius 3 is 2.57 bits per heavy atom. The van der Waals surface area contributed by atoms with E-state index in [9.17, 15) is 23.1 Å². The van der Waals surface area contributed by atoms with Gasteiger partial charge in [-0.05, 0) is 75.6 Å². The van der Waals surface area contributed by atoms with E-state index >= 15 is 0 Å². The van der Waals surface area contributed by atoms with E-state index in [0.29, 0.717) is 18.9 Å². The molecule has 0 saturated heterocycles. The number of sulfonamides is 1. The van der Waals surface area contributed by atoms with Gasteiger partial charge >= 0.3 is 6.03 Å². The van der Waals surface area contributed by atoms with Crippen molar-refractivity contribution in [1.29, 1.82) is 0 Å². The Balaban J connectivity index is 1.60. The monoisotopic (exact) mass is 678 g/mol. The number of rotatable bonds is 8. The highest BCUT2D eigenvalue weighted by atomic mass is 32.2. The number of hydrogen-bond acceptors (Lipinski definition) is 8. The van der Waals surface area contributed by atoms with E-state index in [1.165, 1.54) is 18.6 Å². The molecule has 1 fully saturated rings. The molecule has 0 unspecified atom stereocenters. The molecule has 4 atom stereocenters. The SMILES string of the molecule is C[C@@H]1CCCCO[C@@H](CN(C)C(=O)NC2CCCCC2)[C@@H](C)CN([C@@H](C)CO)C(=O)c2cc(NS(=O)(=O)c3cccs3)ccc2O1. The second-order valence-corrected chi connectivity index (χ2v) is 15.6. The smallest absolute Gasteiger partial charge is 0.317 e. The predicted molar refractivity (Wildman–Crippen MR) is 180 cm³/mol. The highest BCUT2D eigenvalue weighted by Gasteiger charge is 2.31. The minimum absolute atomic E-state index is 0.129.